The van der Waals surface area contributed by atoms with Crippen LogP contribution in [0.3, 0.4) is 0 Å². The maximum atomic E-state index is 5.77. The van der Waals surface area contributed by atoms with E-state index >= 15 is 0 Å². The molecule has 1 aliphatic heterocycles. The first-order valence-electron chi connectivity index (χ1n) is 3.98. The highest BCUT2D eigenvalue weighted by Crippen LogP contribution is 2.20. The second-order valence-corrected chi connectivity index (χ2v) is 2.79. The van der Waals surface area contributed by atoms with Crippen LogP contribution in [0.15, 0.2) is 30.5 Å². The van der Waals surface area contributed by atoms with Crippen LogP contribution in [0.1, 0.15) is 0 Å². The van der Waals surface area contributed by atoms with Crippen LogP contribution in [0.25, 0.3) is 0 Å². The summed E-state index contributed by atoms with van der Waals surface area (Å²) in [6, 6.07) is 3.73. The van der Waals surface area contributed by atoms with Crippen LogP contribution < -0.4 is 10.6 Å². The lowest BCUT2D eigenvalue weighted by atomic mass is 10.4. The Morgan fingerprint density at radius 1 is 1.33 bits per heavy atom. The molecule has 1 aromatic heterocycles. The maximum Gasteiger partial charge on any atom is 0.152 e. The molecule has 3 nitrogen and oxygen atoms in total. The van der Waals surface area contributed by atoms with E-state index in [4.69, 9.17) is 5.73 Å². The van der Waals surface area contributed by atoms with Crippen LogP contribution in [-0.4, -0.2) is 18.1 Å². The van der Waals surface area contributed by atoms with Crippen molar-refractivity contribution in [1.29, 1.82) is 0 Å². The Hall–Kier alpha value is -1.51. The molecule has 2 heterocycles. The van der Waals surface area contributed by atoms with Crippen LogP contribution in [0.5, 0.6) is 0 Å². The van der Waals surface area contributed by atoms with Gasteiger partial charge in [0.15, 0.2) is 5.82 Å². The zero-order valence-corrected chi connectivity index (χ0v) is 6.77. The molecular weight excluding hydrogens is 150 g/mol. The molecule has 0 amide bonds. The molecule has 0 unspecified atom stereocenters. The van der Waals surface area contributed by atoms with Gasteiger partial charge in [-0.3, -0.25) is 0 Å². The molecule has 0 fully saturated rings. The number of nitrogens with zero attached hydrogens (tertiary/aromatic N) is 2. The molecule has 0 radical (unpaired) electrons. The molecule has 2 N–H and O–H groups in total. The van der Waals surface area contributed by atoms with Gasteiger partial charge in [0.05, 0.1) is 5.69 Å². The first-order chi connectivity index (χ1) is 5.88. The lowest BCUT2D eigenvalue weighted by Gasteiger charge is -2.17. The molecule has 0 bridgehead atoms. The average molecular weight is 161 g/mol. The Bertz CT molecular complexity index is 298. The Morgan fingerprint density at radius 3 is 2.75 bits per heavy atom. The zero-order chi connectivity index (χ0) is 8.39. The van der Waals surface area contributed by atoms with E-state index in [0.717, 1.165) is 24.6 Å². The van der Waals surface area contributed by atoms with Crippen molar-refractivity contribution < 1.29 is 0 Å². The van der Waals surface area contributed by atoms with Crippen molar-refractivity contribution in [3.05, 3.63) is 30.5 Å². The normalized spacial score (nSPS) is 15.5. The van der Waals surface area contributed by atoms with Crippen molar-refractivity contribution >= 4 is 11.5 Å². The number of hydrogen-bond donors (Lipinski definition) is 1. The molecule has 1 aromatic rings. The van der Waals surface area contributed by atoms with Gasteiger partial charge < -0.3 is 10.6 Å². The fraction of sp³-hybridized carbons (Fsp3) is 0.222. The summed E-state index contributed by atoms with van der Waals surface area (Å²) >= 11 is 0. The number of rotatable bonds is 1. The zero-order valence-electron chi connectivity index (χ0n) is 6.77. The summed E-state index contributed by atoms with van der Waals surface area (Å²) < 4.78 is 0. The standard InChI is InChI=1S/C9H11N3/c10-8-4-3-5-11-9(8)12-6-1-2-7-12/h1-5H,6-7,10H2. The van der Waals surface area contributed by atoms with E-state index in [1.54, 1.807) is 6.20 Å². The van der Waals surface area contributed by atoms with Gasteiger partial charge in [-0.05, 0) is 12.1 Å². The van der Waals surface area contributed by atoms with Gasteiger partial charge in [0.25, 0.3) is 0 Å². The number of nitrogen functional groups attached to an aromatic ring is 1. The fourth-order valence-electron chi connectivity index (χ4n) is 1.32. The first kappa shape index (κ1) is 7.16. The Balaban J connectivity index is 2.27. The minimum Gasteiger partial charge on any atom is -0.396 e. The van der Waals surface area contributed by atoms with Crippen molar-refractivity contribution in [2.45, 2.75) is 0 Å². The molecule has 0 aromatic carbocycles. The Morgan fingerprint density at radius 2 is 2.08 bits per heavy atom. The number of pyridine rings is 1. The van der Waals surface area contributed by atoms with Crippen LogP contribution in [-0.2, 0) is 0 Å². The second-order valence-electron chi connectivity index (χ2n) is 2.79. The monoisotopic (exact) mass is 161 g/mol. The van der Waals surface area contributed by atoms with Crippen molar-refractivity contribution in [1.82, 2.24) is 4.98 Å². The fourth-order valence-corrected chi connectivity index (χ4v) is 1.32. The maximum absolute atomic E-state index is 5.77. The molecule has 62 valence electrons. The molecule has 12 heavy (non-hydrogen) atoms. The van der Waals surface area contributed by atoms with Gasteiger partial charge in [0, 0.05) is 19.3 Å². The SMILES string of the molecule is Nc1cccnc1N1CC=CC1. The van der Waals surface area contributed by atoms with Gasteiger partial charge in [0.1, 0.15) is 0 Å². The van der Waals surface area contributed by atoms with Gasteiger partial charge >= 0.3 is 0 Å². The molecule has 0 aliphatic carbocycles. The molecule has 2 rings (SSSR count). The number of hydrogen-bond acceptors (Lipinski definition) is 3. The van der Waals surface area contributed by atoms with Crippen LogP contribution in [0.4, 0.5) is 11.5 Å². The van der Waals surface area contributed by atoms with Gasteiger partial charge in [-0.2, -0.15) is 0 Å². The average Bonchev–Trinajstić information content (AvgIpc) is 2.57. The summed E-state index contributed by atoms with van der Waals surface area (Å²) in [6.45, 7) is 1.84. The van der Waals surface area contributed by atoms with E-state index in [1.807, 2.05) is 12.1 Å². The third kappa shape index (κ3) is 1.13. The molecule has 3 heteroatoms. The highest BCUT2D eigenvalue weighted by molar-refractivity contribution is 5.63. The van der Waals surface area contributed by atoms with Crippen LogP contribution >= 0.6 is 0 Å². The van der Waals surface area contributed by atoms with Crippen LogP contribution in [0.2, 0.25) is 0 Å². The summed E-state index contributed by atoms with van der Waals surface area (Å²) in [6.07, 6.45) is 6.01. The molecule has 0 saturated heterocycles. The van der Waals surface area contributed by atoms with Crippen molar-refractivity contribution in [3.8, 4) is 0 Å². The first-order valence-corrected chi connectivity index (χ1v) is 3.98. The number of aromatic nitrogens is 1. The van der Waals surface area contributed by atoms with E-state index in [9.17, 15) is 0 Å². The van der Waals surface area contributed by atoms with Crippen molar-refractivity contribution in [2.24, 2.45) is 0 Å². The van der Waals surface area contributed by atoms with E-state index in [2.05, 4.69) is 22.0 Å². The lowest BCUT2D eigenvalue weighted by molar-refractivity contribution is 0.972. The smallest absolute Gasteiger partial charge is 0.152 e. The summed E-state index contributed by atoms with van der Waals surface area (Å²) in [5, 5.41) is 0. The molecule has 0 saturated carbocycles. The summed E-state index contributed by atoms with van der Waals surface area (Å²) in [4.78, 5) is 6.36. The second kappa shape index (κ2) is 2.85. The quantitative estimate of drug-likeness (QED) is 0.626. The highest BCUT2D eigenvalue weighted by Gasteiger charge is 2.10. The van der Waals surface area contributed by atoms with E-state index in [0.29, 0.717) is 0 Å². The summed E-state index contributed by atoms with van der Waals surface area (Å²) in [7, 11) is 0. The topological polar surface area (TPSA) is 42.1 Å². The molecule has 0 atom stereocenters. The number of nitrogens with two attached hydrogens (primary N) is 1. The van der Waals surface area contributed by atoms with E-state index in [-0.39, 0.29) is 0 Å². The van der Waals surface area contributed by atoms with E-state index < -0.39 is 0 Å². The summed E-state index contributed by atoms with van der Waals surface area (Å²) in [5.41, 5.74) is 6.52. The van der Waals surface area contributed by atoms with Crippen molar-refractivity contribution in [3.63, 3.8) is 0 Å². The number of anilines is 2. The predicted octanol–water partition coefficient (Wildman–Crippen LogP) is 1.04. The third-order valence-corrected chi connectivity index (χ3v) is 1.93. The van der Waals surface area contributed by atoms with Gasteiger partial charge in [-0.15, -0.1) is 0 Å². The predicted molar refractivity (Wildman–Crippen MR) is 50.0 cm³/mol. The highest BCUT2D eigenvalue weighted by atomic mass is 15.2. The summed E-state index contributed by atoms with van der Waals surface area (Å²) in [5.74, 6) is 0.891. The van der Waals surface area contributed by atoms with Gasteiger partial charge in [-0.1, -0.05) is 12.2 Å². The lowest BCUT2D eigenvalue weighted by Crippen LogP contribution is -2.20. The third-order valence-electron chi connectivity index (χ3n) is 1.93. The Labute approximate surface area is 71.5 Å². The minimum atomic E-state index is 0.751. The molecule has 1 aliphatic rings. The van der Waals surface area contributed by atoms with Gasteiger partial charge in [0.2, 0.25) is 0 Å². The largest absolute Gasteiger partial charge is 0.396 e. The minimum absolute atomic E-state index is 0.751. The van der Waals surface area contributed by atoms with E-state index in [1.165, 1.54) is 0 Å². The van der Waals surface area contributed by atoms with Gasteiger partial charge in [-0.25, -0.2) is 4.98 Å². The van der Waals surface area contributed by atoms with Crippen molar-refractivity contribution in [2.75, 3.05) is 23.7 Å². The molecular formula is C9H11N3. The molecule has 0 spiro atoms. The van der Waals surface area contributed by atoms with Crippen LogP contribution in [0, 0.1) is 0 Å². The Kier molecular flexibility index (Phi) is 1.70.